The maximum atomic E-state index is 12.7. The van der Waals surface area contributed by atoms with Gasteiger partial charge in [0.15, 0.2) is 5.13 Å². The van der Waals surface area contributed by atoms with Crippen molar-refractivity contribution >= 4 is 48.3 Å². The lowest BCUT2D eigenvalue weighted by Gasteiger charge is -2.10. The molecule has 0 saturated carbocycles. The molecule has 160 valence electrons. The lowest BCUT2D eigenvalue weighted by Crippen LogP contribution is -2.13. The molecule has 2 aromatic heterocycles. The number of anilines is 2. The fraction of sp³-hybridized carbons (Fsp3) is 0.0526. The highest BCUT2D eigenvalue weighted by Gasteiger charge is 2.30. The summed E-state index contributed by atoms with van der Waals surface area (Å²) in [4.78, 5) is 18.9. The summed E-state index contributed by atoms with van der Waals surface area (Å²) in [5, 5.41) is 2.98. The van der Waals surface area contributed by atoms with Crippen LogP contribution >= 0.6 is 11.3 Å². The van der Waals surface area contributed by atoms with E-state index in [1.807, 2.05) is 0 Å². The average molecular weight is 466 g/mol. The summed E-state index contributed by atoms with van der Waals surface area (Å²) in [6.07, 6.45) is -2.94. The molecule has 2 heterocycles. The van der Waals surface area contributed by atoms with Crippen molar-refractivity contribution in [1.29, 1.82) is 0 Å². The van der Waals surface area contributed by atoms with Crippen LogP contribution in [0.2, 0.25) is 0 Å². The van der Waals surface area contributed by atoms with E-state index in [0.717, 1.165) is 23.5 Å². The van der Waals surface area contributed by atoms with Crippen LogP contribution in [0, 0.1) is 0 Å². The Bertz CT molecular complexity index is 1350. The van der Waals surface area contributed by atoms with Crippen molar-refractivity contribution in [3.05, 3.63) is 72.1 Å². The third-order valence-corrected chi connectivity index (χ3v) is 6.53. The van der Waals surface area contributed by atoms with E-state index in [-0.39, 0.29) is 16.5 Å². The maximum Gasteiger partial charge on any atom is 0.416 e. The summed E-state index contributed by atoms with van der Waals surface area (Å²) in [6, 6.07) is 11.1. The molecule has 1 amide bonds. The van der Waals surface area contributed by atoms with Crippen LogP contribution in [0.25, 0.3) is 10.2 Å². The number of aromatic nitrogens is 2. The Morgan fingerprint density at radius 1 is 1.06 bits per heavy atom. The molecule has 0 bridgehead atoms. The molecule has 0 radical (unpaired) electrons. The Hall–Kier alpha value is -3.38. The molecular formula is C19H13F3N4O3S2. The van der Waals surface area contributed by atoms with Gasteiger partial charge in [-0.15, -0.1) is 0 Å². The lowest BCUT2D eigenvalue weighted by molar-refractivity contribution is -0.137. The Morgan fingerprint density at radius 3 is 2.45 bits per heavy atom. The fourth-order valence-electron chi connectivity index (χ4n) is 2.71. The van der Waals surface area contributed by atoms with E-state index in [1.54, 1.807) is 24.4 Å². The maximum absolute atomic E-state index is 12.7. The lowest BCUT2D eigenvalue weighted by atomic mass is 10.2. The number of thiazole rings is 1. The SMILES string of the molecule is O=C(Nc1nc2ccc(NS(=O)(=O)c3ccc(C(F)(F)F)cc3)cc2s1)c1ccc[nH]1. The van der Waals surface area contributed by atoms with Crippen molar-refractivity contribution in [2.24, 2.45) is 0 Å². The van der Waals surface area contributed by atoms with Gasteiger partial charge in [0.05, 0.1) is 26.4 Å². The average Bonchev–Trinajstić information content (AvgIpc) is 3.36. The minimum Gasteiger partial charge on any atom is -0.357 e. The number of aromatic amines is 1. The van der Waals surface area contributed by atoms with Crippen molar-refractivity contribution in [3.8, 4) is 0 Å². The molecule has 3 N–H and O–H groups in total. The normalized spacial score (nSPS) is 12.1. The number of H-pyrrole nitrogens is 1. The molecule has 2 aromatic carbocycles. The molecule has 4 aromatic rings. The molecule has 0 unspecified atom stereocenters. The number of nitrogens with one attached hydrogen (secondary N) is 3. The van der Waals surface area contributed by atoms with Crippen LogP contribution in [0.3, 0.4) is 0 Å². The zero-order valence-electron chi connectivity index (χ0n) is 15.4. The van der Waals surface area contributed by atoms with Gasteiger partial charge in [-0.05, 0) is 54.6 Å². The van der Waals surface area contributed by atoms with Gasteiger partial charge in [-0.2, -0.15) is 13.2 Å². The minimum atomic E-state index is -4.55. The first kappa shape index (κ1) is 20.9. The number of hydrogen-bond acceptors (Lipinski definition) is 5. The van der Waals surface area contributed by atoms with Crippen molar-refractivity contribution in [1.82, 2.24) is 9.97 Å². The first-order valence-electron chi connectivity index (χ1n) is 8.67. The van der Waals surface area contributed by atoms with Gasteiger partial charge in [-0.3, -0.25) is 14.8 Å². The molecule has 0 aliphatic rings. The molecule has 0 aliphatic carbocycles. The van der Waals surface area contributed by atoms with Gasteiger partial charge in [0, 0.05) is 6.20 Å². The summed E-state index contributed by atoms with van der Waals surface area (Å²) in [6.45, 7) is 0. The first-order valence-corrected chi connectivity index (χ1v) is 11.0. The predicted octanol–water partition coefficient (Wildman–Crippen LogP) is 4.70. The highest BCUT2D eigenvalue weighted by atomic mass is 32.2. The summed E-state index contributed by atoms with van der Waals surface area (Å²) < 4.78 is 66.0. The largest absolute Gasteiger partial charge is 0.416 e. The van der Waals surface area contributed by atoms with Crippen LogP contribution in [-0.4, -0.2) is 24.3 Å². The molecule has 12 heteroatoms. The van der Waals surface area contributed by atoms with Crippen LogP contribution < -0.4 is 10.0 Å². The van der Waals surface area contributed by atoms with E-state index in [2.05, 4.69) is 20.0 Å². The monoisotopic (exact) mass is 466 g/mol. The van der Waals surface area contributed by atoms with E-state index in [1.165, 1.54) is 12.1 Å². The number of halogens is 3. The topological polar surface area (TPSA) is 104 Å². The smallest absolute Gasteiger partial charge is 0.357 e. The molecule has 0 atom stereocenters. The molecule has 4 rings (SSSR count). The summed E-state index contributed by atoms with van der Waals surface area (Å²) in [5.41, 5.74) is 0.179. The second-order valence-electron chi connectivity index (χ2n) is 6.37. The van der Waals surface area contributed by atoms with Crippen molar-refractivity contribution in [2.75, 3.05) is 10.0 Å². The standard InChI is InChI=1S/C19H13F3N4O3S2/c20-19(21,22)11-3-6-13(7-4-11)31(28,29)26-12-5-8-14-16(10-12)30-18(24-14)25-17(27)15-2-1-9-23-15/h1-10,23,26H,(H,24,25,27). The van der Waals surface area contributed by atoms with Gasteiger partial charge >= 0.3 is 6.18 Å². The number of amides is 1. The summed E-state index contributed by atoms with van der Waals surface area (Å²) >= 11 is 1.15. The number of alkyl halides is 3. The zero-order valence-corrected chi connectivity index (χ0v) is 17.0. The second-order valence-corrected chi connectivity index (χ2v) is 9.08. The Balaban J connectivity index is 1.53. The van der Waals surface area contributed by atoms with Gasteiger partial charge in [-0.1, -0.05) is 11.3 Å². The number of hydrogen-bond donors (Lipinski definition) is 3. The van der Waals surface area contributed by atoms with Gasteiger partial charge in [0.1, 0.15) is 5.69 Å². The fourth-order valence-corrected chi connectivity index (χ4v) is 4.66. The first-order chi connectivity index (χ1) is 14.6. The predicted molar refractivity (Wildman–Crippen MR) is 111 cm³/mol. The Morgan fingerprint density at radius 2 is 1.81 bits per heavy atom. The summed E-state index contributed by atoms with van der Waals surface area (Å²) in [5.74, 6) is -0.368. The highest BCUT2D eigenvalue weighted by Crippen LogP contribution is 2.31. The van der Waals surface area contributed by atoms with Crippen molar-refractivity contribution in [3.63, 3.8) is 0 Å². The number of rotatable bonds is 5. The minimum absolute atomic E-state index is 0.207. The number of fused-ring (bicyclic) bond motifs is 1. The second kappa shape index (κ2) is 7.71. The van der Waals surface area contributed by atoms with Crippen LogP contribution in [0.4, 0.5) is 24.0 Å². The van der Waals surface area contributed by atoms with Crippen LogP contribution in [0.15, 0.2) is 65.7 Å². The molecule has 0 spiro atoms. The molecule has 0 saturated heterocycles. The Kier molecular flexibility index (Phi) is 5.19. The third-order valence-electron chi connectivity index (χ3n) is 4.20. The third kappa shape index (κ3) is 4.54. The van der Waals surface area contributed by atoms with Crippen molar-refractivity contribution in [2.45, 2.75) is 11.1 Å². The van der Waals surface area contributed by atoms with Crippen LogP contribution in [0.1, 0.15) is 16.1 Å². The van der Waals surface area contributed by atoms with E-state index < -0.39 is 21.8 Å². The van der Waals surface area contributed by atoms with Gasteiger partial charge in [0.2, 0.25) is 0 Å². The van der Waals surface area contributed by atoms with E-state index in [4.69, 9.17) is 0 Å². The van der Waals surface area contributed by atoms with Crippen LogP contribution in [-0.2, 0) is 16.2 Å². The van der Waals surface area contributed by atoms with Gasteiger partial charge in [0.25, 0.3) is 15.9 Å². The quantitative estimate of drug-likeness (QED) is 0.397. The van der Waals surface area contributed by atoms with Gasteiger partial charge < -0.3 is 4.98 Å². The molecule has 7 nitrogen and oxygen atoms in total. The molecular weight excluding hydrogens is 453 g/mol. The number of sulfonamides is 1. The highest BCUT2D eigenvalue weighted by molar-refractivity contribution is 7.92. The van der Waals surface area contributed by atoms with E-state index in [0.29, 0.717) is 33.2 Å². The van der Waals surface area contributed by atoms with E-state index in [9.17, 15) is 26.4 Å². The van der Waals surface area contributed by atoms with Crippen LogP contribution in [0.5, 0.6) is 0 Å². The number of carbonyl (C=O) groups is 1. The Labute approximate surface area is 178 Å². The number of benzene rings is 2. The molecule has 0 fully saturated rings. The van der Waals surface area contributed by atoms with E-state index >= 15 is 0 Å². The zero-order chi connectivity index (χ0) is 22.2. The summed E-state index contributed by atoms with van der Waals surface area (Å²) in [7, 11) is -4.09. The molecule has 0 aliphatic heterocycles. The van der Waals surface area contributed by atoms with Crippen molar-refractivity contribution < 1.29 is 26.4 Å². The number of carbonyl (C=O) groups excluding carboxylic acids is 1. The molecule has 31 heavy (non-hydrogen) atoms. The number of nitrogens with zero attached hydrogens (tertiary/aromatic N) is 1. The van der Waals surface area contributed by atoms with Gasteiger partial charge in [-0.25, -0.2) is 13.4 Å².